The zero-order valence-corrected chi connectivity index (χ0v) is 15.4. The monoisotopic (exact) mass is 383 g/mol. The van der Waals surface area contributed by atoms with Gasteiger partial charge in [0.2, 0.25) is 0 Å². The Morgan fingerprint density at radius 3 is 2.48 bits per heavy atom. The van der Waals surface area contributed by atoms with Crippen LogP contribution in [0.2, 0.25) is 0 Å². The van der Waals surface area contributed by atoms with E-state index >= 15 is 0 Å². The van der Waals surface area contributed by atoms with Gasteiger partial charge >= 0.3 is 0 Å². The molecule has 0 spiro atoms. The van der Waals surface area contributed by atoms with Gasteiger partial charge in [0.25, 0.3) is 5.56 Å². The minimum Gasteiger partial charge on any atom is -0.508 e. The predicted molar refractivity (Wildman–Crippen MR) is 109 cm³/mol. The normalized spacial score (nSPS) is 11.2. The third kappa shape index (κ3) is 3.10. The molecule has 3 heterocycles. The predicted octanol–water partition coefficient (Wildman–Crippen LogP) is 4.22. The highest BCUT2D eigenvalue weighted by molar-refractivity contribution is 5.72. The van der Waals surface area contributed by atoms with E-state index in [1.165, 1.54) is 0 Å². The Labute approximate surface area is 166 Å². The summed E-state index contributed by atoms with van der Waals surface area (Å²) in [7, 11) is 0. The van der Waals surface area contributed by atoms with E-state index in [1.54, 1.807) is 47.4 Å². The summed E-state index contributed by atoms with van der Waals surface area (Å²) in [4.78, 5) is 21.1. The second-order valence-corrected chi connectivity index (χ2v) is 6.77. The molecular formula is C23H17N3O3. The molecule has 142 valence electrons. The molecule has 0 saturated carbocycles. The summed E-state index contributed by atoms with van der Waals surface area (Å²) in [5, 5.41) is 9.65. The highest BCUT2D eigenvalue weighted by Crippen LogP contribution is 2.29. The number of aromatic hydroxyl groups is 1. The molecule has 3 aromatic rings. The van der Waals surface area contributed by atoms with Crippen LogP contribution >= 0.6 is 0 Å². The summed E-state index contributed by atoms with van der Waals surface area (Å²) >= 11 is 0. The van der Waals surface area contributed by atoms with Crippen molar-refractivity contribution < 1.29 is 9.52 Å². The van der Waals surface area contributed by atoms with Gasteiger partial charge in [-0.15, -0.1) is 0 Å². The second kappa shape index (κ2) is 6.83. The number of benzene rings is 2. The number of imidazole rings is 1. The quantitative estimate of drug-likeness (QED) is 0.487. The van der Waals surface area contributed by atoms with Gasteiger partial charge in [-0.2, -0.15) is 0 Å². The maximum Gasteiger partial charge on any atom is 0.278 e. The molecule has 0 saturated heterocycles. The number of nitrogens with zero attached hydrogens (tertiary/aromatic N) is 2. The molecule has 1 aromatic heterocycles. The first kappa shape index (κ1) is 17.1. The van der Waals surface area contributed by atoms with Crippen LogP contribution in [-0.4, -0.2) is 19.6 Å². The van der Waals surface area contributed by atoms with Crippen molar-refractivity contribution in [1.82, 2.24) is 14.5 Å². The highest BCUT2D eigenvalue weighted by Gasteiger charge is 2.21. The van der Waals surface area contributed by atoms with Crippen molar-refractivity contribution in [3.63, 3.8) is 0 Å². The number of aromatic amines is 1. The molecular weight excluding hydrogens is 366 g/mol. The van der Waals surface area contributed by atoms with E-state index < -0.39 is 0 Å². The van der Waals surface area contributed by atoms with Gasteiger partial charge in [-0.25, -0.2) is 4.98 Å². The van der Waals surface area contributed by atoms with Crippen LogP contribution in [0.25, 0.3) is 28.3 Å². The summed E-state index contributed by atoms with van der Waals surface area (Å²) in [6.07, 6.45) is 3.68. The summed E-state index contributed by atoms with van der Waals surface area (Å²) in [6, 6.07) is 20.2. The second-order valence-electron chi connectivity index (χ2n) is 6.77. The molecule has 0 atom stereocenters. The SMILES string of the molecule is O=c1c(Cc2ccco2)nc2c(-c3ccc(O)cc3)[nH]c(-c3ccccc3)cn1-2. The highest BCUT2D eigenvalue weighted by atomic mass is 16.3. The number of phenolic OH excluding ortho intramolecular Hbond substituents is 1. The van der Waals surface area contributed by atoms with Crippen LogP contribution < -0.4 is 5.56 Å². The molecule has 0 amide bonds. The van der Waals surface area contributed by atoms with Crippen molar-refractivity contribution in [2.45, 2.75) is 6.42 Å². The van der Waals surface area contributed by atoms with Gasteiger partial charge in [-0.05, 0) is 42.0 Å². The van der Waals surface area contributed by atoms with E-state index in [9.17, 15) is 9.90 Å². The van der Waals surface area contributed by atoms with Crippen molar-refractivity contribution in [2.75, 3.05) is 0 Å². The number of H-pyrrole nitrogens is 1. The van der Waals surface area contributed by atoms with Gasteiger partial charge in [0.05, 0.1) is 24.1 Å². The van der Waals surface area contributed by atoms with E-state index in [0.29, 0.717) is 29.4 Å². The third-order valence-electron chi connectivity index (χ3n) is 4.84. The van der Waals surface area contributed by atoms with Crippen molar-refractivity contribution in [1.29, 1.82) is 0 Å². The zero-order chi connectivity index (χ0) is 19.8. The van der Waals surface area contributed by atoms with E-state index in [4.69, 9.17) is 4.42 Å². The number of fused-ring (bicyclic) bond motifs is 1. The number of hydrogen-bond acceptors (Lipinski definition) is 4. The molecule has 5 rings (SSSR count). The zero-order valence-electron chi connectivity index (χ0n) is 15.4. The Hall–Kier alpha value is -4.06. The largest absolute Gasteiger partial charge is 0.508 e. The van der Waals surface area contributed by atoms with Gasteiger partial charge in [0.1, 0.15) is 17.2 Å². The van der Waals surface area contributed by atoms with Crippen LogP contribution in [0.15, 0.2) is 88.4 Å². The first-order valence-electron chi connectivity index (χ1n) is 9.20. The summed E-state index contributed by atoms with van der Waals surface area (Å²) in [5.74, 6) is 1.39. The Bertz CT molecular complexity index is 1280. The van der Waals surface area contributed by atoms with Crippen LogP contribution in [0.1, 0.15) is 11.5 Å². The smallest absolute Gasteiger partial charge is 0.278 e. The first-order valence-corrected chi connectivity index (χ1v) is 9.20. The van der Waals surface area contributed by atoms with E-state index in [1.807, 2.05) is 36.4 Å². The molecule has 0 radical (unpaired) electrons. The van der Waals surface area contributed by atoms with Crippen molar-refractivity contribution in [3.8, 4) is 34.1 Å². The van der Waals surface area contributed by atoms with Crippen LogP contribution in [0.5, 0.6) is 5.75 Å². The van der Waals surface area contributed by atoms with Crippen LogP contribution in [0, 0.1) is 0 Å². The molecule has 2 aliphatic rings. The topological polar surface area (TPSA) is 84.1 Å². The minimum absolute atomic E-state index is 0.176. The van der Waals surface area contributed by atoms with Gasteiger partial charge in [-0.3, -0.25) is 9.36 Å². The van der Waals surface area contributed by atoms with Gasteiger partial charge in [0, 0.05) is 11.8 Å². The first-order chi connectivity index (χ1) is 14.2. The van der Waals surface area contributed by atoms with E-state index in [2.05, 4.69) is 9.97 Å². The molecule has 6 nitrogen and oxygen atoms in total. The summed E-state index contributed by atoms with van der Waals surface area (Å²) in [5.41, 5.74) is 3.51. The number of nitrogens with one attached hydrogen (secondary N) is 1. The lowest BCUT2D eigenvalue weighted by Gasteiger charge is -2.13. The molecule has 0 aliphatic carbocycles. The standard InChI is InChI=1S/C23H17N3O3/c27-17-10-8-16(9-11-17)21-22-25-19(13-18-7-4-12-29-18)23(28)26(22)14-20(24-21)15-5-2-1-3-6-15/h1-12,14,24,27H,13H2. The summed E-state index contributed by atoms with van der Waals surface area (Å²) in [6.45, 7) is 0. The molecule has 2 N–H and O–H groups in total. The number of phenols is 1. The fraction of sp³-hybridized carbons (Fsp3) is 0.0435. The molecule has 2 aromatic carbocycles. The number of aromatic nitrogens is 3. The third-order valence-corrected chi connectivity index (χ3v) is 4.84. The average molecular weight is 383 g/mol. The lowest BCUT2D eigenvalue weighted by molar-refractivity contribution is 0.475. The van der Waals surface area contributed by atoms with Crippen LogP contribution in [0.3, 0.4) is 0 Å². The fourth-order valence-electron chi connectivity index (χ4n) is 3.40. The van der Waals surface area contributed by atoms with E-state index in [-0.39, 0.29) is 11.3 Å². The molecule has 2 aliphatic heterocycles. The lowest BCUT2D eigenvalue weighted by Crippen LogP contribution is -2.16. The van der Waals surface area contributed by atoms with Gasteiger partial charge < -0.3 is 14.5 Å². The van der Waals surface area contributed by atoms with Crippen LogP contribution in [-0.2, 0) is 6.42 Å². The van der Waals surface area contributed by atoms with Gasteiger partial charge in [-0.1, -0.05) is 30.3 Å². The van der Waals surface area contributed by atoms with Crippen molar-refractivity contribution in [3.05, 3.63) is 101 Å². The Balaban J connectivity index is 1.74. The Kier molecular flexibility index (Phi) is 4.02. The minimum atomic E-state index is -0.178. The van der Waals surface area contributed by atoms with Crippen molar-refractivity contribution >= 4 is 0 Å². The maximum atomic E-state index is 13.1. The lowest BCUT2D eigenvalue weighted by atomic mass is 10.1. The number of furan rings is 1. The molecule has 0 bridgehead atoms. The molecule has 6 heteroatoms. The Morgan fingerprint density at radius 2 is 1.76 bits per heavy atom. The fourth-order valence-corrected chi connectivity index (χ4v) is 3.40. The Morgan fingerprint density at radius 1 is 0.966 bits per heavy atom. The molecule has 0 fully saturated rings. The molecule has 29 heavy (non-hydrogen) atoms. The summed E-state index contributed by atoms with van der Waals surface area (Å²) < 4.78 is 6.95. The average Bonchev–Trinajstić information content (AvgIpc) is 3.37. The van der Waals surface area contributed by atoms with Crippen molar-refractivity contribution in [2.24, 2.45) is 0 Å². The van der Waals surface area contributed by atoms with Gasteiger partial charge in [0.15, 0.2) is 5.82 Å². The van der Waals surface area contributed by atoms with Crippen LogP contribution in [0.4, 0.5) is 0 Å². The molecule has 0 unspecified atom stereocenters. The number of rotatable bonds is 4. The maximum absolute atomic E-state index is 13.1. The number of hydrogen-bond donors (Lipinski definition) is 2. The van der Waals surface area contributed by atoms with E-state index in [0.717, 1.165) is 16.8 Å².